The Kier molecular flexibility index (Phi) is 6.83. The summed E-state index contributed by atoms with van der Waals surface area (Å²) in [6.45, 7) is 6.35. The number of rotatable bonds is 6. The molecule has 9 heteroatoms. The van der Waals surface area contributed by atoms with Crippen LogP contribution in [0.5, 0.6) is 5.75 Å². The molecule has 1 aliphatic heterocycles. The number of carbonyl (C=O) groups excluding carboxylic acids is 2. The molecule has 1 aliphatic rings. The van der Waals surface area contributed by atoms with E-state index in [-0.39, 0.29) is 12.0 Å². The fourth-order valence-electron chi connectivity index (χ4n) is 2.96. The molecule has 2 amide bonds. The number of amides is 2. The van der Waals surface area contributed by atoms with Crippen molar-refractivity contribution in [3.05, 3.63) is 42.2 Å². The van der Waals surface area contributed by atoms with Crippen LogP contribution >= 0.6 is 0 Å². The monoisotopic (exact) mass is 399 g/mol. The number of nitrogens with one attached hydrogen (secondary N) is 1. The summed E-state index contributed by atoms with van der Waals surface area (Å²) in [4.78, 5) is 36.2. The van der Waals surface area contributed by atoms with Crippen LogP contribution in [-0.4, -0.2) is 71.2 Å². The average Bonchev–Trinajstić information content (AvgIpc) is 2.76. The van der Waals surface area contributed by atoms with Gasteiger partial charge in [-0.15, -0.1) is 0 Å². The molecule has 154 valence electrons. The predicted octanol–water partition coefficient (Wildman–Crippen LogP) is 2.53. The van der Waals surface area contributed by atoms with Crippen LogP contribution < -0.4 is 10.1 Å². The molecule has 1 fully saturated rings. The van der Waals surface area contributed by atoms with Gasteiger partial charge in [-0.25, -0.2) is 14.8 Å². The molecule has 9 nitrogen and oxygen atoms in total. The van der Waals surface area contributed by atoms with E-state index >= 15 is 0 Å². The van der Waals surface area contributed by atoms with Gasteiger partial charge >= 0.3 is 6.09 Å². The summed E-state index contributed by atoms with van der Waals surface area (Å²) in [7, 11) is 0. The molecule has 1 aromatic heterocycles. The number of benzene rings is 1. The average molecular weight is 399 g/mol. The Hall–Kier alpha value is -3.36. The summed E-state index contributed by atoms with van der Waals surface area (Å²) in [6.07, 6.45) is 2.66. The first kappa shape index (κ1) is 20.4. The van der Waals surface area contributed by atoms with Crippen molar-refractivity contribution in [3.63, 3.8) is 0 Å². The summed E-state index contributed by atoms with van der Waals surface area (Å²) in [5.74, 6) is 0.925. The van der Waals surface area contributed by atoms with E-state index in [2.05, 4.69) is 15.3 Å². The van der Waals surface area contributed by atoms with E-state index in [1.807, 2.05) is 31.2 Å². The number of para-hydroxylation sites is 2. The Morgan fingerprint density at radius 3 is 2.31 bits per heavy atom. The molecule has 0 spiro atoms. The maximum atomic E-state index is 12.7. The molecule has 3 rings (SSSR count). The number of piperazine rings is 1. The van der Waals surface area contributed by atoms with Crippen LogP contribution in [0.25, 0.3) is 0 Å². The summed E-state index contributed by atoms with van der Waals surface area (Å²) in [5.41, 5.74) is 1.15. The molecule has 2 aromatic rings. The maximum absolute atomic E-state index is 12.7. The first-order chi connectivity index (χ1) is 14.1. The molecule has 0 bridgehead atoms. The summed E-state index contributed by atoms with van der Waals surface area (Å²) < 4.78 is 10.6. The zero-order valence-electron chi connectivity index (χ0n) is 16.6. The van der Waals surface area contributed by atoms with Crippen LogP contribution in [0.3, 0.4) is 0 Å². The van der Waals surface area contributed by atoms with E-state index in [4.69, 9.17) is 9.47 Å². The molecule has 0 saturated carbocycles. The van der Waals surface area contributed by atoms with Crippen LogP contribution in [0.1, 0.15) is 24.2 Å². The minimum Gasteiger partial charge on any atom is -0.492 e. The van der Waals surface area contributed by atoms with E-state index in [1.165, 1.54) is 12.4 Å². The van der Waals surface area contributed by atoms with Crippen LogP contribution in [0, 0.1) is 0 Å². The molecule has 2 heterocycles. The first-order valence-corrected chi connectivity index (χ1v) is 9.64. The predicted molar refractivity (Wildman–Crippen MR) is 107 cm³/mol. The fraction of sp³-hybridized carbons (Fsp3) is 0.400. The van der Waals surface area contributed by atoms with Crippen molar-refractivity contribution in [2.75, 3.05) is 44.7 Å². The van der Waals surface area contributed by atoms with Crippen molar-refractivity contribution in [3.8, 4) is 5.75 Å². The van der Waals surface area contributed by atoms with Crippen LogP contribution in [0.4, 0.5) is 16.4 Å². The second-order valence-corrected chi connectivity index (χ2v) is 6.33. The number of ether oxygens (including phenoxy) is 2. The molecule has 0 aliphatic carbocycles. The van der Waals surface area contributed by atoms with Crippen molar-refractivity contribution in [1.82, 2.24) is 19.8 Å². The summed E-state index contributed by atoms with van der Waals surface area (Å²) in [6, 6.07) is 7.51. The smallest absolute Gasteiger partial charge is 0.409 e. The zero-order valence-corrected chi connectivity index (χ0v) is 16.6. The molecular formula is C20H25N5O4. The van der Waals surface area contributed by atoms with Gasteiger partial charge in [-0.3, -0.25) is 4.79 Å². The lowest BCUT2D eigenvalue weighted by molar-refractivity contribution is 0.0570. The lowest BCUT2D eigenvalue weighted by atomic mass is 10.2. The van der Waals surface area contributed by atoms with E-state index in [0.717, 1.165) is 5.69 Å². The van der Waals surface area contributed by atoms with Gasteiger partial charge in [0.05, 0.1) is 24.5 Å². The van der Waals surface area contributed by atoms with E-state index in [1.54, 1.807) is 16.7 Å². The highest BCUT2D eigenvalue weighted by Gasteiger charge is 2.25. The molecule has 1 N–H and O–H groups in total. The van der Waals surface area contributed by atoms with E-state index < -0.39 is 0 Å². The molecule has 1 saturated heterocycles. The summed E-state index contributed by atoms with van der Waals surface area (Å²) >= 11 is 0. The highest BCUT2D eigenvalue weighted by atomic mass is 16.6. The van der Waals surface area contributed by atoms with Crippen molar-refractivity contribution in [2.45, 2.75) is 13.8 Å². The highest BCUT2D eigenvalue weighted by Crippen LogP contribution is 2.25. The Labute approximate surface area is 169 Å². The van der Waals surface area contributed by atoms with Crippen LogP contribution in [-0.2, 0) is 4.74 Å². The molecule has 29 heavy (non-hydrogen) atoms. The lowest BCUT2D eigenvalue weighted by Gasteiger charge is -2.33. The van der Waals surface area contributed by atoms with Gasteiger partial charge in [0.2, 0.25) is 5.95 Å². The first-order valence-electron chi connectivity index (χ1n) is 9.64. The Bertz CT molecular complexity index is 835. The number of aromatic nitrogens is 2. The third-order valence-corrected chi connectivity index (χ3v) is 4.43. The van der Waals surface area contributed by atoms with E-state index in [0.29, 0.717) is 56.7 Å². The van der Waals surface area contributed by atoms with Crippen LogP contribution in [0.2, 0.25) is 0 Å². The molecule has 0 radical (unpaired) electrons. The minimum absolute atomic E-state index is 0.158. The standard InChI is InChI=1S/C20H25N5O4/c1-3-28-17-8-6-5-7-16(17)23-19-21-13-15(14-22-19)18(26)24-9-11-25(12-10-24)20(27)29-4-2/h5-8,13-14H,3-4,9-12H2,1-2H3,(H,21,22,23). The third-order valence-electron chi connectivity index (χ3n) is 4.43. The summed E-state index contributed by atoms with van der Waals surface area (Å²) in [5, 5.41) is 3.10. The number of carbonyl (C=O) groups is 2. The van der Waals surface area contributed by atoms with Crippen molar-refractivity contribution in [2.24, 2.45) is 0 Å². The number of anilines is 2. The minimum atomic E-state index is -0.342. The normalized spacial score (nSPS) is 13.7. The van der Waals surface area contributed by atoms with Crippen molar-refractivity contribution < 1.29 is 19.1 Å². The van der Waals surface area contributed by atoms with Gasteiger partial charge in [0.1, 0.15) is 5.75 Å². The fourth-order valence-corrected chi connectivity index (χ4v) is 2.96. The van der Waals surface area contributed by atoms with Gasteiger partial charge in [-0.05, 0) is 26.0 Å². The number of nitrogens with zero attached hydrogens (tertiary/aromatic N) is 4. The van der Waals surface area contributed by atoms with Crippen molar-refractivity contribution >= 4 is 23.6 Å². The van der Waals surface area contributed by atoms with Crippen molar-refractivity contribution in [1.29, 1.82) is 0 Å². The molecule has 0 atom stereocenters. The Balaban J connectivity index is 1.59. The highest BCUT2D eigenvalue weighted by molar-refractivity contribution is 5.94. The SMILES string of the molecule is CCOC(=O)N1CCN(C(=O)c2cnc(Nc3ccccc3OCC)nc2)CC1. The molecule has 1 aromatic carbocycles. The second kappa shape index (κ2) is 9.72. The molecular weight excluding hydrogens is 374 g/mol. The van der Waals surface area contributed by atoms with Gasteiger partial charge in [0, 0.05) is 38.6 Å². The second-order valence-electron chi connectivity index (χ2n) is 6.33. The van der Waals surface area contributed by atoms with E-state index in [9.17, 15) is 9.59 Å². The zero-order chi connectivity index (χ0) is 20.6. The van der Waals surface area contributed by atoms with Crippen LogP contribution in [0.15, 0.2) is 36.7 Å². The quantitative estimate of drug-likeness (QED) is 0.797. The number of hydrogen-bond acceptors (Lipinski definition) is 7. The Morgan fingerprint density at radius 2 is 1.66 bits per heavy atom. The third kappa shape index (κ3) is 5.13. The van der Waals surface area contributed by atoms with Gasteiger partial charge in [-0.1, -0.05) is 12.1 Å². The van der Waals surface area contributed by atoms with Gasteiger partial charge < -0.3 is 24.6 Å². The largest absolute Gasteiger partial charge is 0.492 e. The van der Waals surface area contributed by atoms with Gasteiger partial charge in [0.15, 0.2) is 0 Å². The topological polar surface area (TPSA) is 96.9 Å². The number of hydrogen-bond donors (Lipinski definition) is 1. The lowest BCUT2D eigenvalue weighted by Crippen LogP contribution is -2.50. The maximum Gasteiger partial charge on any atom is 0.409 e. The van der Waals surface area contributed by atoms with Gasteiger partial charge in [0.25, 0.3) is 5.91 Å². The Morgan fingerprint density at radius 1 is 1.00 bits per heavy atom. The van der Waals surface area contributed by atoms with Gasteiger partial charge in [-0.2, -0.15) is 0 Å². The molecule has 0 unspecified atom stereocenters.